The third-order valence-electron chi connectivity index (χ3n) is 2.95. The van der Waals surface area contributed by atoms with Crippen LogP contribution in [0.1, 0.15) is 30.0 Å². The molecule has 1 aliphatic heterocycles. The van der Waals surface area contributed by atoms with Gasteiger partial charge in [0.2, 0.25) is 0 Å². The lowest BCUT2D eigenvalue weighted by Gasteiger charge is -2.12. The van der Waals surface area contributed by atoms with E-state index < -0.39 is 0 Å². The molecule has 0 aromatic heterocycles. The Bertz CT molecular complexity index is 313. The van der Waals surface area contributed by atoms with Gasteiger partial charge < -0.3 is 5.32 Å². The monoisotopic (exact) mass is 187 g/mol. The molecule has 0 radical (unpaired) electrons. The summed E-state index contributed by atoms with van der Waals surface area (Å²) in [5.74, 6) is 0. The van der Waals surface area contributed by atoms with Crippen LogP contribution in [0.5, 0.6) is 0 Å². The van der Waals surface area contributed by atoms with Crippen molar-refractivity contribution in [3.05, 3.63) is 48.0 Å². The summed E-state index contributed by atoms with van der Waals surface area (Å²) in [4.78, 5) is 0. The molecule has 2 atom stereocenters. The molecule has 0 spiro atoms. The van der Waals surface area contributed by atoms with Gasteiger partial charge in [-0.15, -0.1) is 6.58 Å². The fourth-order valence-electron chi connectivity index (χ4n) is 2.02. The molecule has 1 fully saturated rings. The Morgan fingerprint density at radius 1 is 1.29 bits per heavy atom. The van der Waals surface area contributed by atoms with E-state index in [1.807, 2.05) is 6.08 Å². The van der Waals surface area contributed by atoms with Crippen LogP contribution in [0.15, 0.2) is 36.9 Å². The smallest absolute Gasteiger partial charge is 0.0326 e. The molecule has 0 unspecified atom stereocenters. The fraction of sp³-hybridized carbons (Fsp3) is 0.385. The SMILES string of the molecule is C=C[C@H]1CC[C@@H](c2ccc(C)cc2)N1. The second kappa shape index (κ2) is 3.97. The van der Waals surface area contributed by atoms with Crippen LogP contribution in [-0.4, -0.2) is 6.04 Å². The first-order valence-electron chi connectivity index (χ1n) is 5.25. The van der Waals surface area contributed by atoms with Crippen LogP contribution in [-0.2, 0) is 0 Å². The minimum atomic E-state index is 0.501. The maximum Gasteiger partial charge on any atom is 0.0326 e. The Morgan fingerprint density at radius 3 is 2.57 bits per heavy atom. The van der Waals surface area contributed by atoms with E-state index in [-0.39, 0.29) is 0 Å². The van der Waals surface area contributed by atoms with Crippen LogP contribution < -0.4 is 5.32 Å². The Balaban J connectivity index is 2.09. The van der Waals surface area contributed by atoms with Gasteiger partial charge in [-0.3, -0.25) is 0 Å². The zero-order chi connectivity index (χ0) is 9.97. The average molecular weight is 187 g/mol. The molecule has 1 aromatic rings. The van der Waals surface area contributed by atoms with Crippen LogP contribution in [0.2, 0.25) is 0 Å². The highest BCUT2D eigenvalue weighted by molar-refractivity contribution is 5.25. The highest BCUT2D eigenvalue weighted by Crippen LogP contribution is 2.26. The molecule has 1 aliphatic rings. The molecule has 2 rings (SSSR count). The van der Waals surface area contributed by atoms with Crippen molar-refractivity contribution in [1.29, 1.82) is 0 Å². The van der Waals surface area contributed by atoms with Gasteiger partial charge in [-0.1, -0.05) is 35.9 Å². The van der Waals surface area contributed by atoms with Gasteiger partial charge >= 0.3 is 0 Å². The molecule has 1 heteroatoms. The maximum atomic E-state index is 3.82. The summed E-state index contributed by atoms with van der Waals surface area (Å²) < 4.78 is 0. The summed E-state index contributed by atoms with van der Waals surface area (Å²) >= 11 is 0. The second-order valence-electron chi connectivity index (χ2n) is 4.05. The topological polar surface area (TPSA) is 12.0 Å². The van der Waals surface area contributed by atoms with Crippen LogP contribution in [0.3, 0.4) is 0 Å². The Labute approximate surface area is 85.8 Å². The quantitative estimate of drug-likeness (QED) is 0.702. The Kier molecular flexibility index (Phi) is 2.69. The normalized spacial score (nSPS) is 26.4. The lowest BCUT2D eigenvalue weighted by atomic mass is 10.0. The van der Waals surface area contributed by atoms with Gasteiger partial charge in [-0.05, 0) is 25.3 Å². The zero-order valence-corrected chi connectivity index (χ0v) is 8.66. The third kappa shape index (κ3) is 1.88. The second-order valence-corrected chi connectivity index (χ2v) is 4.05. The van der Waals surface area contributed by atoms with E-state index in [1.54, 1.807) is 0 Å². The van der Waals surface area contributed by atoms with Gasteiger partial charge in [0, 0.05) is 12.1 Å². The van der Waals surface area contributed by atoms with Gasteiger partial charge in [0.25, 0.3) is 0 Å². The molecule has 74 valence electrons. The van der Waals surface area contributed by atoms with Crippen LogP contribution in [0.25, 0.3) is 0 Å². The minimum absolute atomic E-state index is 0.501. The predicted molar refractivity (Wildman–Crippen MR) is 60.3 cm³/mol. The number of nitrogens with one attached hydrogen (secondary N) is 1. The zero-order valence-electron chi connectivity index (χ0n) is 8.66. The van der Waals surface area contributed by atoms with Gasteiger partial charge in [0.05, 0.1) is 0 Å². The highest BCUT2D eigenvalue weighted by Gasteiger charge is 2.22. The summed E-state index contributed by atoms with van der Waals surface area (Å²) in [6, 6.07) is 9.83. The first-order chi connectivity index (χ1) is 6.79. The van der Waals surface area contributed by atoms with Crippen LogP contribution >= 0.6 is 0 Å². The summed E-state index contributed by atoms with van der Waals surface area (Å²) in [6.45, 7) is 5.95. The molecule has 0 aliphatic carbocycles. The molecule has 0 bridgehead atoms. The Hall–Kier alpha value is -1.08. The first-order valence-corrected chi connectivity index (χ1v) is 5.25. The highest BCUT2D eigenvalue weighted by atomic mass is 15.0. The molecule has 1 aromatic carbocycles. The van der Waals surface area contributed by atoms with Gasteiger partial charge in [-0.2, -0.15) is 0 Å². The first kappa shape index (κ1) is 9.47. The molecule has 0 saturated carbocycles. The lowest BCUT2D eigenvalue weighted by Crippen LogP contribution is -2.21. The lowest BCUT2D eigenvalue weighted by molar-refractivity contribution is 0.613. The van der Waals surface area contributed by atoms with E-state index in [1.165, 1.54) is 24.0 Å². The number of aryl methyl sites for hydroxylation is 1. The minimum Gasteiger partial charge on any atom is -0.304 e. The van der Waals surface area contributed by atoms with Crippen molar-refractivity contribution in [2.45, 2.75) is 31.8 Å². The summed E-state index contributed by atoms with van der Waals surface area (Å²) in [5, 5.41) is 3.56. The number of rotatable bonds is 2. The van der Waals surface area contributed by atoms with E-state index in [2.05, 4.69) is 43.1 Å². The van der Waals surface area contributed by atoms with Crippen molar-refractivity contribution in [1.82, 2.24) is 5.32 Å². The van der Waals surface area contributed by atoms with Crippen molar-refractivity contribution in [2.75, 3.05) is 0 Å². The maximum absolute atomic E-state index is 3.82. The summed E-state index contributed by atoms with van der Waals surface area (Å²) in [5.41, 5.74) is 2.73. The molecular formula is C13H17N. The summed E-state index contributed by atoms with van der Waals surface area (Å²) in [7, 11) is 0. The largest absolute Gasteiger partial charge is 0.304 e. The number of hydrogen-bond donors (Lipinski definition) is 1. The van der Waals surface area contributed by atoms with Crippen molar-refractivity contribution in [3.8, 4) is 0 Å². The van der Waals surface area contributed by atoms with Gasteiger partial charge in [0.15, 0.2) is 0 Å². The summed E-state index contributed by atoms with van der Waals surface area (Å²) in [6.07, 6.45) is 4.44. The Morgan fingerprint density at radius 2 is 2.00 bits per heavy atom. The van der Waals surface area contributed by atoms with Crippen molar-refractivity contribution in [2.24, 2.45) is 0 Å². The van der Waals surface area contributed by atoms with Crippen LogP contribution in [0, 0.1) is 6.92 Å². The average Bonchev–Trinajstić information content (AvgIpc) is 2.67. The van der Waals surface area contributed by atoms with Gasteiger partial charge in [-0.25, -0.2) is 0 Å². The van der Waals surface area contributed by atoms with Crippen molar-refractivity contribution in [3.63, 3.8) is 0 Å². The molecule has 1 saturated heterocycles. The van der Waals surface area contributed by atoms with Crippen molar-refractivity contribution < 1.29 is 0 Å². The fourth-order valence-corrected chi connectivity index (χ4v) is 2.02. The number of hydrogen-bond acceptors (Lipinski definition) is 1. The van der Waals surface area contributed by atoms with E-state index in [4.69, 9.17) is 0 Å². The molecule has 1 nitrogen and oxygen atoms in total. The molecule has 1 N–H and O–H groups in total. The molecular weight excluding hydrogens is 170 g/mol. The number of benzene rings is 1. The van der Waals surface area contributed by atoms with E-state index in [9.17, 15) is 0 Å². The molecule has 1 heterocycles. The van der Waals surface area contributed by atoms with E-state index in [0.29, 0.717) is 12.1 Å². The van der Waals surface area contributed by atoms with Crippen LogP contribution in [0.4, 0.5) is 0 Å². The molecule has 0 amide bonds. The molecule has 14 heavy (non-hydrogen) atoms. The van der Waals surface area contributed by atoms with Gasteiger partial charge in [0.1, 0.15) is 0 Å². The predicted octanol–water partition coefficient (Wildman–Crippen LogP) is 2.97. The third-order valence-corrected chi connectivity index (χ3v) is 2.95. The van der Waals surface area contributed by atoms with Crippen molar-refractivity contribution >= 4 is 0 Å². The van der Waals surface area contributed by atoms with E-state index in [0.717, 1.165) is 0 Å². The standard InChI is InChI=1S/C13H17N/c1-3-12-8-9-13(14-12)11-6-4-10(2)5-7-11/h3-7,12-14H,1,8-9H2,2H3/t12-,13-/m0/s1. The van der Waals surface area contributed by atoms with E-state index >= 15 is 0 Å².